The van der Waals surface area contributed by atoms with Gasteiger partial charge in [0.25, 0.3) is 0 Å². The van der Waals surface area contributed by atoms with Gasteiger partial charge in [-0.1, -0.05) is 18.2 Å². The maximum atomic E-state index is 12.2. The van der Waals surface area contributed by atoms with Crippen molar-refractivity contribution in [2.45, 2.75) is 32.7 Å². The minimum absolute atomic E-state index is 0.0857. The lowest BCUT2D eigenvalue weighted by atomic mass is 10.3. The van der Waals surface area contributed by atoms with Crippen molar-refractivity contribution < 1.29 is 27.4 Å². The van der Waals surface area contributed by atoms with Crippen molar-refractivity contribution in [1.29, 1.82) is 0 Å². The summed E-state index contributed by atoms with van der Waals surface area (Å²) in [7, 11) is 1.59. The van der Waals surface area contributed by atoms with Crippen molar-refractivity contribution in [1.82, 2.24) is 15.6 Å². The highest BCUT2D eigenvalue weighted by Crippen LogP contribution is 2.26. The number of halogens is 3. The molecule has 0 aliphatic carbocycles. The lowest BCUT2D eigenvalue weighted by molar-refractivity contribution is -0.154. The van der Waals surface area contributed by atoms with E-state index in [1.807, 2.05) is 38.1 Å². The molecule has 0 saturated carbocycles. The van der Waals surface area contributed by atoms with Crippen molar-refractivity contribution in [3.63, 3.8) is 0 Å². The van der Waals surface area contributed by atoms with Gasteiger partial charge in [0.05, 0.1) is 20.2 Å². The molecule has 1 atom stereocenters. The summed E-state index contributed by atoms with van der Waals surface area (Å²) in [6, 6.07) is 10.4. The van der Waals surface area contributed by atoms with Crippen molar-refractivity contribution in [2.75, 3.05) is 26.8 Å². The van der Waals surface area contributed by atoms with E-state index in [1.54, 1.807) is 13.2 Å². The maximum absolute atomic E-state index is 12.2. The molecule has 7 nitrogen and oxygen atoms in total. The third-order valence-electron chi connectivity index (χ3n) is 3.90. The Hall–Kier alpha value is -3.17. The topological polar surface area (TPSA) is 77.0 Å². The van der Waals surface area contributed by atoms with Crippen LogP contribution in [0.3, 0.4) is 0 Å². The van der Waals surface area contributed by atoms with E-state index < -0.39 is 12.8 Å². The van der Waals surface area contributed by atoms with Crippen molar-refractivity contribution >= 4 is 5.96 Å². The molecule has 0 spiro atoms. The van der Waals surface area contributed by atoms with E-state index in [1.165, 1.54) is 12.3 Å². The number of nitrogens with zero attached hydrogens (tertiary/aromatic N) is 2. The monoisotopic (exact) mass is 440 g/mol. The maximum Gasteiger partial charge on any atom is 0.422 e. The lowest BCUT2D eigenvalue weighted by Gasteiger charge is -2.19. The molecule has 0 amide bonds. The zero-order chi connectivity index (χ0) is 22.7. The molecule has 0 saturated heterocycles. The lowest BCUT2D eigenvalue weighted by Crippen LogP contribution is -2.41. The highest BCUT2D eigenvalue weighted by molar-refractivity contribution is 5.79. The molecule has 31 heavy (non-hydrogen) atoms. The molecule has 0 aliphatic rings. The summed E-state index contributed by atoms with van der Waals surface area (Å²) in [5, 5.41) is 6.33. The van der Waals surface area contributed by atoms with Gasteiger partial charge in [0.1, 0.15) is 6.10 Å². The third kappa shape index (κ3) is 9.02. The smallest absolute Gasteiger partial charge is 0.422 e. The van der Waals surface area contributed by atoms with Crippen LogP contribution in [0.25, 0.3) is 0 Å². The fraction of sp³-hybridized carbons (Fsp3) is 0.429. The molecular weight excluding hydrogens is 413 g/mol. The van der Waals surface area contributed by atoms with Crippen LogP contribution in [0.2, 0.25) is 0 Å². The Morgan fingerprint density at radius 1 is 1.13 bits per heavy atom. The van der Waals surface area contributed by atoms with Gasteiger partial charge in [-0.05, 0) is 31.5 Å². The summed E-state index contributed by atoms with van der Waals surface area (Å²) in [5.74, 6) is 1.80. The molecule has 2 aromatic rings. The number of methoxy groups -OCH3 is 1. The van der Waals surface area contributed by atoms with Gasteiger partial charge in [-0.25, -0.2) is 9.98 Å². The van der Waals surface area contributed by atoms with Crippen molar-refractivity contribution in [3.8, 4) is 17.4 Å². The van der Waals surface area contributed by atoms with Gasteiger partial charge < -0.3 is 24.8 Å². The fourth-order valence-corrected chi connectivity index (χ4v) is 2.47. The number of aliphatic imine (C=N–C) groups is 1. The van der Waals surface area contributed by atoms with Crippen LogP contribution in [0.4, 0.5) is 13.2 Å². The quantitative estimate of drug-likeness (QED) is 0.435. The first kappa shape index (κ1) is 24.1. The molecule has 1 unspecified atom stereocenters. The molecule has 0 radical (unpaired) electrons. The Morgan fingerprint density at radius 3 is 2.48 bits per heavy atom. The Balaban J connectivity index is 1.88. The first-order chi connectivity index (χ1) is 14.8. The molecule has 1 aromatic carbocycles. The zero-order valence-electron chi connectivity index (χ0n) is 17.7. The van der Waals surface area contributed by atoms with Crippen LogP contribution in [-0.4, -0.2) is 50.0 Å². The summed E-state index contributed by atoms with van der Waals surface area (Å²) >= 11 is 0. The van der Waals surface area contributed by atoms with Gasteiger partial charge in [0.2, 0.25) is 5.88 Å². The SMILES string of the molecule is CCNC(=NCc1ccc(OCC(F)(F)F)nc1)NCC(C)Oc1ccccc1OC. The predicted molar refractivity (Wildman–Crippen MR) is 112 cm³/mol. The number of aromatic nitrogens is 1. The number of alkyl halides is 3. The van der Waals surface area contributed by atoms with Crippen molar-refractivity contribution in [3.05, 3.63) is 48.2 Å². The Morgan fingerprint density at radius 2 is 1.87 bits per heavy atom. The van der Waals surface area contributed by atoms with Crippen LogP contribution >= 0.6 is 0 Å². The number of hydrogen-bond acceptors (Lipinski definition) is 5. The zero-order valence-corrected chi connectivity index (χ0v) is 17.7. The highest BCUT2D eigenvalue weighted by atomic mass is 19.4. The predicted octanol–water partition coefficient (Wildman–Crippen LogP) is 3.55. The van der Waals surface area contributed by atoms with Gasteiger partial charge in [0.15, 0.2) is 24.1 Å². The first-order valence-electron chi connectivity index (χ1n) is 9.77. The van der Waals surface area contributed by atoms with Gasteiger partial charge in [0, 0.05) is 18.8 Å². The van der Waals surface area contributed by atoms with Crippen LogP contribution in [0.15, 0.2) is 47.6 Å². The second kappa shape index (κ2) is 11.9. The minimum Gasteiger partial charge on any atom is -0.493 e. The third-order valence-corrected chi connectivity index (χ3v) is 3.90. The van der Waals surface area contributed by atoms with Gasteiger partial charge in [-0.3, -0.25) is 0 Å². The van der Waals surface area contributed by atoms with Crippen LogP contribution < -0.4 is 24.8 Å². The van der Waals surface area contributed by atoms with Crippen LogP contribution in [0, 0.1) is 0 Å². The van der Waals surface area contributed by atoms with E-state index in [0.29, 0.717) is 37.1 Å². The summed E-state index contributed by atoms with van der Waals surface area (Å²) < 4.78 is 52.4. The number of guanidine groups is 1. The number of nitrogens with one attached hydrogen (secondary N) is 2. The Bertz CT molecular complexity index is 829. The van der Waals surface area contributed by atoms with E-state index in [2.05, 4.69) is 25.3 Å². The average Bonchev–Trinajstić information content (AvgIpc) is 2.75. The normalized spacial score (nSPS) is 12.8. The van der Waals surface area contributed by atoms with Crippen molar-refractivity contribution in [2.24, 2.45) is 4.99 Å². The molecule has 0 fully saturated rings. The van der Waals surface area contributed by atoms with Crippen LogP contribution in [0.5, 0.6) is 17.4 Å². The number of para-hydroxylation sites is 2. The number of hydrogen-bond donors (Lipinski definition) is 2. The molecular formula is C21H27F3N4O3. The molecule has 170 valence electrons. The van der Waals surface area contributed by atoms with Crippen LogP contribution in [0.1, 0.15) is 19.4 Å². The number of rotatable bonds is 10. The van der Waals surface area contributed by atoms with E-state index in [0.717, 1.165) is 5.56 Å². The summed E-state index contributed by atoms with van der Waals surface area (Å²) in [6.45, 7) is 3.94. The fourth-order valence-electron chi connectivity index (χ4n) is 2.47. The van der Waals surface area contributed by atoms with Gasteiger partial charge >= 0.3 is 6.18 Å². The standard InChI is InChI=1S/C21H27F3N4O3/c1-4-25-20(27-11-15(2)31-18-8-6-5-7-17(18)29-3)28-13-16-9-10-19(26-12-16)30-14-21(22,23)24/h5-10,12,15H,4,11,13-14H2,1-3H3,(H2,25,27,28). The summed E-state index contributed by atoms with van der Waals surface area (Å²) in [6.07, 6.45) is -3.12. The second-order valence-corrected chi connectivity index (χ2v) is 6.56. The van der Waals surface area contributed by atoms with Gasteiger partial charge in [-0.2, -0.15) is 13.2 Å². The van der Waals surface area contributed by atoms with E-state index in [4.69, 9.17) is 9.47 Å². The Kier molecular flexibility index (Phi) is 9.23. The largest absolute Gasteiger partial charge is 0.493 e. The number of pyridine rings is 1. The number of ether oxygens (including phenoxy) is 3. The number of benzene rings is 1. The van der Waals surface area contributed by atoms with E-state index in [-0.39, 0.29) is 12.0 Å². The molecule has 2 rings (SSSR count). The molecule has 1 aromatic heterocycles. The molecule has 1 heterocycles. The van der Waals surface area contributed by atoms with Crippen LogP contribution in [-0.2, 0) is 6.54 Å². The Labute approximate surface area is 179 Å². The first-order valence-corrected chi connectivity index (χ1v) is 9.77. The molecule has 0 aliphatic heterocycles. The molecule has 10 heteroatoms. The molecule has 2 N–H and O–H groups in total. The van der Waals surface area contributed by atoms with Gasteiger partial charge in [-0.15, -0.1) is 0 Å². The van der Waals surface area contributed by atoms with E-state index >= 15 is 0 Å². The van der Waals surface area contributed by atoms with E-state index in [9.17, 15) is 13.2 Å². The second-order valence-electron chi connectivity index (χ2n) is 6.56. The average molecular weight is 440 g/mol. The summed E-state index contributed by atoms with van der Waals surface area (Å²) in [4.78, 5) is 8.34. The minimum atomic E-state index is -4.40. The highest BCUT2D eigenvalue weighted by Gasteiger charge is 2.28. The summed E-state index contributed by atoms with van der Waals surface area (Å²) in [5.41, 5.74) is 0.731. The molecule has 0 bridgehead atoms.